The molecule has 8 nitrogen and oxygen atoms in total. The van der Waals surface area contributed by atoms with Gasteiger partial charge in [0.2, 0.25) is 11.8 Å². The number of rotatable bonds is 9. The highest BCUT2D eigenvalue weighted by Crippen LogP contribution is 2.34. The Morgan fingerprint density at radius 3 is 2.52 bits per heavy atom. The van der Waals surface area contributed by atoms with Gasteiger partial charge in [0.1, 0.15) is 18.4 Å². The van der Waals surface area contributed by atoms with Gasteiger partial charge in [-0.25, -0.2) is 0 Å². The Kier molecular flexibility index (Phi) is 8.55. The van der Waals surface area contributed by atoms with E-state index in [2.05, 4.69) is 65.3 Å². The lowest BCUT2D eigenvalue weighted by molar-refractivity contribution is -0.136. The van der Waals surface area contributed by atoms with Crippen molar-refractivity contribution in [3.8, 4) is 5.75 Å². The standard InChI is InChI=1S/C32H36N4O4/c1-3-24(13-16-33-2)25-14-17-35(18-15-25)19-22-7-9-23(10-8-22)21-40-29-6-4-5-26-27(29)20-36(32(26)39)28-11-12-30(37)34-31(28)38/h3-10,13,16,25,28H,2,11-12,14-15,17-21H2,1H3,(H,34,37,38)/b16-13-,24-3+. The van der Waals surface area contributed by atoms with Gasteiger partial charge >= 0.3 is 0 Å². The number of likely N-dealkylation sites (tertiary alicyclic amines) is 1. The lowest BCUT2D eigenvalue weighted by Gasteiger charge is -2.32. The number of carbonyl (C=O) groups excluding carboxylic acids is 3. The fourth-order valence-corrected chi connectivity index (χ4v) is 5.88. The summed E-state index contributed by atoms with van der Waals surface area (Å²) in [5.41, 5.74) is 5.00. The summed E-state index contributed by atoms with van der Waals surface area (Å²) >= 11 is 0. The van der Waals surface area contributed by atoms with Gasteiger partial charge in [-0.1, -0.05) is 36.4 Å². The molecule has 0 saturated carbocycles. The van der Waals surface area contributed by atoms with Crippen LogP contribution in [0.1, 0.15) is 59.7 Å². The number of amides is 3. The lowest BCUT2D eigenvalue weighted by atomic mass is 9.88. The maximum Gasteiger partial charge on any atom is 0.255 e. The van der Waals surface area contributed by atoms with Gasteiger partial charge in [0.05, 0.1) is 6.54 Å². The van der Waals surface area contributed by atoms with Crippen LogP contribution < -0.4 is 10.1 Å². The summed E-state index contributed by atoms with van der Waals surface area (Å²) in [4.78, 5) is 44.8. The molecule has 1 N–H and O–H groups in total. The summed E-state index contributed by atoms with van der Waals surface area (Å²) in [7, 11) is 0. The predicted octanol–water partition coefficient (Wildman–Crippen LogP) is 4.40. The Hall–Kier alpha value is -4.04. The molecule has 5 rings (SSSR count). The first kappa shape index (κ1) is 27.5. The van der Waals surface area contributed by atoms with Crippen LogP contribution in [-0.4, -0.2) is 53.4 Å². The zero-order chi connectivity index (χ0) is 28.1. The maximum atomic E-state index is 13.0. The van der Waals surface area contributed by atoms with Gasteiger partial charge in [-0.15, -0.1) is 0 Å². The summed E-state index contributed by atoms with van der Waals surface area (Å²) in [5, 5.41) is 2.34. The molecule has 2 fully saturated rings. The first-order valence-corrected chi connectivity index (χ1v) is 13.9. The fraction of sp³-hybridized carbons (Fsp3) is 0.375. The van der Waals surface area contributed by atoms with E-state index >= 15 is 0 Å². The molecule has 0 spiro atoms. The SMILES string of the molecule is C=N/C=C\C(=C/C)C1CCN(Cc2ccc(COc3cccc4c3CN(C3CCC(=O)NC3=O)C4=O)cc2)CC1. The Balaban J connectivity index is 1.15. The van der Waals surface area contributed by atoms with E-state index < -0.39 is 11.9 Å². The van der Waals surface area contributed by atoms with Crippen molar-refractivity contribution >= 4 is 24.4 Å². The van der Waals surface area contributed by atoms with E-state index in [0.29, 0.717) is 36.8 Å². The molecule has 3 heterocycles. The van der Waals surface area contributed by atoms with Crippen molar-refractivity contribution < 1.29 is 19.1 Å². The number of aliphatic imine (C=N–C) groups is 1. The second-order valence-electron chi connectivity index (χ2n) is 10.6. The molecule has 40 heavy (non-hydrogen) atoms. The lowest BCUT2D eigenvalue weighted by Crippen LogP contribution is -2.52. The van der Waals surface area contributed by atoms with Crippen molar-refractivity contribution in [2.24, 2.45) is 10.9 Å². The average molecular weight is 541 g/mol. The van der Waals surface area contributed by atoms with Crippen LogP contribution in [0.4, 0.5) is 0 Å². The van der Waals surface area contributed by atoms with E-state index in [9.17, 15) is 14.4 Å². The third kappa shape index (κ3) is 6.07. The molecule has 3 amide bonds. The quantitative estimate of drug-likeness (QED) is 0.289. The van der Waals surface area contributed by atoms with Crippen molar-refractivity contribution in [2.45, 2.75) is 58.3 Å². The molecule has 2 aromatic rings. The summed E-state index contributed by atoms with van der Waals surface area (Å²) < 4.78 is 6.16. The van der Waals surface area contributed by atoms with E-state index in [-0.39, 0.29) is 18.2 Å². The van der Waals surface area contributed by atoms with Crippen LogP contribution in [0.15, 0.2) is 71.4 Å². The molecule has 1 unspecified atom stereocenters. The van der Waals surface area contributed by atoms with Gasteiger partial charge in [-0.05, 0) is 86.8 Å². The zero-order valence-electron chi connectivity index (χ0n) is 23.0. The normalized spacial score (nSPS) is 20.6. The first-order chi connectivity index (χ1) is 19.5. The van der Waals surface area contributed by atoms with Crippen molar-refractivity contribution in [3.05, 3.63) is 88.6 Å². The fourth-order valence-electron chi connectivity index (χ4n) is 5.88. The van der Waals surface area contributed by atoms with Gasteiger partial charge in [0.25, 0.3) is 5.91 Å². The van der Waals surface area contributed by atoms with Crippen molar-refractivity contribution in [2.75, 3.05) is 13.1 Å². The minimum atomic E-state index is -0.639. The Bertz CT molecular complexity index is 1340. The van der Waals surface area contributed by atoms with Gasteiger partial charge in [0.15, 0.2) is 0 Å². The van der Waals surface area contributed by atoms with Crippen LogP contribution in [0, 0.1) is 5.92 Å². The molecular weight excluding hydrogens is 504 g/mol. The predicted molar refractivity (Wildman–Crippen MR) is 154 cm³/mol. The number of hydrogen-bond donors (Lipinski definition) is 1. The second-order valence-corrected chi connectivity index (χ2v) is 10.6. The van der Waals surface area contributed by atoms with Crippen LogP contribution >= 0.6 is 0 Å². The molecule has 0 aliphatic carbocycles. The molecule has 3 aliphatic heterocycles. The number of allylic oxidation sites excluding steroid dienone is 3. The third-order valence-corrected chi connectivity index (χ3v) is 8.13. The van der Waals surface area contributed by atoms with Crippen LogP contribution in [-0.2, 0) is 29.3 Å². The molecule has 0 aromatic heterocycles. The van der Waals surface area contributed by atoms with Crippen LogP contribution in [0.25, 0.3) is 0 Å². The van der Waals surface area contributed by atoms with E-state index in [4.69, 9.17) is 4.74 Å². The number of ether oxygens (including phenoxy) is 1. The van der Waals surface area contributed by atoms with E-state index in [0.717, 1.165) is 43.6 Å². The van der Waals surface area contributed by atoms with Gasteiger partial charge in [-0.2, -0.15) is 0 Å². The number of piperidine rings is 2. The molecule has 1 atom stereocenters. The largest absolute Gasteiger partial charge is 0.489 e. The number of imide groups is 1. The van der Waals surface area contributed by atoms with Crippen molar-refractivity contribution in [1.82, 2.24) is 15.1 Å². The second kappa shape index (κ2) is 12.4. The monoisotopic (exact) mass is 540 g/mol. The highest BCUT2D eigenvalue weighted by molar-refractivity contribution is 6.05. The number of fused-ring (bicyclic) bond motifs is 1. The number of nitrogens with one attached hydrogen (secondary N) is 1. The summed E-state index contributed by atoms with van der Waals surface area (Å²) in [5.74, 6) is 0.315. The summed E-state index contributed by atoms with van der Waals surface area (Å²) in [6.45, 7) is 9.35. The average Bonchev–Trinajstić information content (AvgIpc) is 3.30. The molecule has 0 bridgehead atoms. The molecular formula is C32H36N4O4. The smallest absolute Gasteiger partial charge is 0.255 e. The molecule has 3 aliphatic rings. The van der Waals surface area contributed by atoms with E-state index in [1.807, 2.05) is 6.07 Å². The van der Waals surface area contributed by atoms with Crippen molar-refractivity contribution in [3.63, 3.8) is 0 Å². The minimum Gasteiger partial charge on any atom is -0.489 e. The van der Waals surface area contributed by atoms with Gasteiger partial charge in [0, 0.05) is 30.3 Å². The van der Waals surface area contributed by atoms with Crippen LogP contribution in [0.3, 0.4) is 0 Å². The first-order valence-electron chi connectivity index (χ1n) is 13.9. The van der Waals surface area contributed by atoms with E-state index in [1.165, 1.54) is 11.1 Å². The Morgan fingerprint density at radius 2 is 1.82 bits per heavy atom. The van der Waals surface area contributed by atoms with Gasteiger partial charge < -0.3 is 9.64 Å². The molecule has 8 heteroatoms. The minimum absolute atomic E-state index is 0.199. The number of benzene rings is 2. The van der Waals surface area contributed by atoms with Crippen molar-refractivity contribution in [1.29, 1.82) is 0 Å². The van der Waals surface area contributed by atoms with E-state index in [1.54, 1.807) is 23.2 Å². The maximum absolute atomic E-state index is 13.0. The Labute approximate surface area is 235 Å². The number of carbonyl (C=O) groups is 3. The summed E-state index contributed by atoms with van der Waals surface area (Å²) in [6.07, 6.45) is 8.87. The highest BCUT2D eigenvalue weighted by atomic mass is 16.5. The van der Waals surface area contributed by atoms with Crippen LogP contribution in [0.5, 0.6) is 5.75 Å². The number of hydrogen-bond acceptors (Lipinski definition) is 6. The molecule has 2 aromatic carbocycles. The molecule has 0 radical (unpaired) electrons. The van der Waals surface area contributed by atoms with Crippen LogP contribution in [0.2, 0.25) is 0 Å². The zero-order valence-corrected chi connectivity index (χ0v) is 23.0. The topological polar surface area (TPSA) is 91.3 Å². The Morgan fingerprint density at radius 1 is 1.07 bits per heavy atom. The van der Waals surface area contributed by atoms with Gasteiger partial charge in [-0.3, -0.25) is 29.6 Å². The third-order valence-electron chi connectivity index (χ3n) is 8.13. The summed E-state index contributed by atoms with van der Waals surface area (Å²) in [6, 6.07) is 13.3. The molecule has 2 saturated heterocycles. The molecule has 208 valence electrons. The highest BCUT2D eigenvalue weighted by Gasteiger charge is 2.40. The number of nitrogens with zero attached hydrogens (tertiary/aromatic N) is 3.